The molecule has 0 aliphatic rings. The second-order valence-electron chi connectivity index (χ2n) is 4.08. The lowest BCUT2D eigenvalue weighted by atomic mass is 10.2. The lowest BCUT2D eigenvalue weighted by Crippen LogP contribution is -2.41. The topological polar surface area (TPSA) is 92.7 Å². The highest BCUT2D eigenvalue weighted by molar-refractivity contribution is 7.98. The minimum atomic E-state index is -3.76. The molecule has 0 spiro atoms. The first kappa shape index (κ1) is 17.5. The summed E-state index contributed by atoms with van der Waals surface area (Å²) in [6, 6.07) is 6.18. The number of ether oxygens (including phenoxy) is 1. The Balaban J connectivity index is 2.53. The lowest BCUT2D eigenvalue weighted by Gasteiger charge is -2.12. The normalized spacial score (nSPS) is 12.6. The van der Waals surface area contributed by atoms with Crippen molar-refractivity contribution in [3.05, 3.63) is 41.8 Å². The molecule has 0 saturated carbocycles. The van der Waals surface area contributed by atoms with Gasteiger partial charge >= 0.3 is 5.97 Å². The predicted molar refractivity (Wildman–Crippen MR) is 82.8 cm³/mol. The van der Waals surface area contributed by atoms with Crippen LogP contribution in [0.5, 0.6) is 5.75 Å². The van der Waals surface area contributed by atoms with Gasteiger partial charge in [0.05, 0.1) is 7.11 Å². The van der Waals surface area contributed by atoms with Crippen LogP contribution in [-0.2, 0) is 20.6 Å². The fraction of sp³-hybridized carbons (Fsp3) is 0.308. The summed E-state index contributed by atoms with van der Waals surface area (Å²) >= 11 is 1.32. The van der Waals surface area contributed by atoms with E-state index in [-0.39, 0.29) is 5.75 Å². The van der Waals surface area contributed by atoms with Gasteiger partial charge in [-0.15, -0.1) is 0 Å². The quantitative estimate of drug-likeness (QED) is 0.711. The molecule has 0 bridgehead atoms. The molecule has 8 heteroatoms. The van der Waals surface area contributed by atoms with E-state index < -0.39 is 22.0 Å². The zero-order valence-electron chi connectivity index (χ0n) is 11.5. The summed E-state index contributed by atoms with van der Waals surface area (Å²) in [5.74, 6) is 0.214. The summed E-state index contributed by atoms with van der Waals surface area (Å²) in [5.41, 5.74) is 0.997. The Morgan fingerprint density at radius 2 is 2.10 bits per heavy atom. The molecule has 1 unspecified atom stereocenters. The van der Waals surface area contributed by atoms with Gasteiger partial charge in [-0.1, -0.05) is 18.7 Å². The Hall–Kier alpha value is -1.51. The first-order chi connectivity index (χ1) is 9.88. The van der Waals surface area contributed by atoms with Gasteiger partial charge in [-0.3, -0.25) is 4.79 Å². The Morgan fingerprint density at radius 3 is 2.57 bits per heavy atom. The number of benzene rings is 1. The van der Waals surface area contributed by atoms with Crippen molar-refractivity contribution in [2.45, 2.75) is 11.8 Å². The molecule has 1 aromatic carbocycles. The van der Waals surface area contributed by atoms with E-state index in [2.05, 4.69) is 11.3 Å². The Labute approximate surface area is 128 Å². The zero-order chi connectivity index (χ0) is 15.9. The minimum absolute atomic E-state index is 0.119. The number of carbonyl (C=O) groups is 1. The third kappa shape index (κ3) is 6.19. The number of methoxy groups -OCH3 is 1. The molecule has 21 heavy (non-hydrogen) atoms. The molecule has 6 nitrogen and oxygen atoms in total. The van der Waals surface area contributed by atoms with E-state index in [1.807, 2.05) is 24.3 Å². The third-order valence-electron chi connectivity index (χ3n) is 2.54. The van der Waals surface area contributed by atoms with Gasteiger partial charge in [-0.2, -0.15) is 16.5 Å². The molecule has 2 N–H and O–H groups in total. The molecule has 0 aliphatic heterocycles. The van der Waals surface area contributed by atoms with E-state index in [0.717, 1.165) is 11.3 Å². The second kappa shape index (κ2) is 8.06. The predicted octanol–water partition coefficient (Wildman–Crippen LogP) is 1.44. The standard InChI is InChI=1S/C13H17NO5S2/c1-3-21(17,18)14-12(13(15)16)9-20-8-10-4-6-11(19-2)7-5-10/h3-7,12,14H,1,8-9H2,2H3,(H,15,16). The van der Waals surface area contributed by atoms with Gasteiger partial charge in [0, 0.05) is 16.9 Å². The Morgan fingerprint density at radius 1 is 1.48 bits per heavy atom. The number of thioether (sulfide) groups is 1. The highest BCUT2D eigenvalue weighted by Crippen LogP contribution is 2.17. The number of sulfonamides is 1. The molecule has 0 aliphatic carbocycles. The Bertz CT molecular complexity index is 583. The lowest BCUT2D eigenvalue weighted by molar-refractivity contribution is -0.138. The van der Waals surface area contributed by atoms with Gasteiger partial charge < -0.3 is 9.84 Å². The van der Waals surface area contributed by atoms with Gasteiger partial charge in [0.25, 0.3) is 0 Å². The smallest absolute Gasteiger partial charge is 0.322 e. The molecular weight excluding hydrogens is 314 g/mol. The van der Waals surface area contributed by atoms with Gasteiger partial charge in [0.2, 0.25) is 10.0 Å². The fourth-order valence-electron chi connectivity index (χ4n) is 1.42. The van der Waals surface area contributed by atoms with Crippen LogP contribution in [0.25, 0.3) is 0 Å². The molecule has 1 atom stereocenters. The van der Waals surface area contributed by atoms with E-state index in [1.165, 1.54) is 11.8 Å². The van der Waals surface area contributed by atoms with E-state index in [9.17, 15) is 13.2 Å². The summed E-state index contributed by atoms with van der Waals surface area (Å²) in [6.07, 6.45) is 0. The first-order valence-electron chi connectivity index (χ1n) is 5.96. The number of nitrogens with one attached hydrogen (secondary N) is 1. The number of hydrogen-bond acceptors (Lipinski definition) is 5. The molecule has 0 saturated heterocycles. The van der Waals surface area contributed by atoms with Crippen molar-refractivity contribution in [2.75, 3.05) is 12.9 Å². The molecule has 1 rings (SSSR count). The van der Waals surface area contributed by atoms with Crippen LogP contribution in [0.4, 0.5) is 0 Å². The van der Waals surface area contributed by atoms with E-state index in [0.29, 0.717) is 11.2 Å². The van der Waals surface area contributed by atoms with Crippen LogP contribution >= 0.6 is 11.8 Å². The van der Waals surface area contributed by atoms with E-state index in [1.54, 1.807) is 7.11 Å². The van der Waals surface area contributed by atoms with Crippen molar-refractivity contribution in [1.82, 2.24) is 4.72 Å². The van der Waals surface area contributed by atoms with Crippen molar-refractivity contribution in [3.8, 4) is 5.75 Å². The molecule has 116 valence electrons. The van der Waals surface area contributed by atoms with Crippen molar-refractivity contribution < 1.29 is 23.1 Å². The van der Waals surface area contributed by atoms with Crippen molar-refractivity contribution in [3.63, 3.8) is 0 Å². The van der Waals surface area contributed by atoms with Gasteiger partial charge in [-0.05, 0) is 17.7 Å². The third-order valence-corrected chi connectivity index (χ3v) is 4.69. The van der Waals surface area contributed by atoms with Crippen LogP contribution in [0.15, 0.2) is 36.3 Å². The average molecular weight is 331 g/mol. The number of aliphatic carboxylic acids is 1. The highest BCUT2D eigenvalue weighted by Gasteiger charge is 2.22. The Kier molecular flexibility index (Phi) is 6.73. The van der Waals surface area contributed by atoms with Crippen LogP contribution in [0.3, 0.4) is 0 Å². The maximum absolute atomic E-state index is 11.3. The van der Waals surface area contributed by atoms with Crippen molar-refractivity contribution in [1.29, 1.82) is 0 Å². The zero-order valence-corrected chi connectivity index (χ0v) is 13.1. The first-order valence-corrected chi connectivity index (χ1v) is 8.66. The molecular formula is C13H17NO5S2. The van der Waals surface area contributed by atoms with Gasteiger partial charge in [0.15, 0.2) is 0 Å². The van der Waals surface area contributed by atoms with Crippen molar-refractivity contribution >= 4 is 27.8 Å². The maximum Gasteiger partial charge on any atom is 0.322 e. The van der Waals surface area contributed by atoms with Crippen LogP contribution in [-0.4, -0.2) is 38.4 Å². The maximum atomic E-state index is 11.3. The highest BCUT2D eigenvalue weighted by atomic mass is 32.2. The summed E-state index contributed by atoms with van der Waals surface area (Å²) < 4.78 is 29.7. The van der Waals surface area contributed by atoms with Crippen molar-refractivity contribution in [2.24, 2.45) is 0 Å². The van der Waals surface area contributed by atoms with Gasteiger partial charge in [0.1, 0.15) is 11.8 Å². The molecule has 0 aromatic heterocycles. The number of carboxylic acid groups (broad SMARTS) is 1. The average Bonchev–Trinajstić information content (AvgIpc) is 2.46. The molecule has 0 fully saturated rings. The van der Waals surface area contributed by atoms with Crippen LogP contribution in [0, 0.1) is 0 Å². The van der Waals surface area contributed by atoms with Crippen LogP contribution < -0.4 is 9.46 Å². The summed E-state index contributed by atoms with van der Waals surface area (Å²) in [6.45, 7) is 3.13. The SMILES string of the molecule is C=CS(=O)(=O)NC(CSCc1ccc(OC)cc1)C(=O)O. The van der Waals surface area contributed by atoms with Crippen LogP contribution in [0.2, 0.25) is 0 Å². The van der Waals surface area contributed by atoms with Crippen LogP contribution in [0.1, 0.15) is 5.56 Å². The molecule has 0 amide bonds. The fourth-order valence-corrected chi connectivity index (χ4v) is 3.21. The summed E-state index contributed by atoms with van der Waals surface area (Å²) in [7, 11) is -2.19. The molecule has 0 heterocycles. The van der Waals surface area contributed by atoms with E-state index in [4.69, 9.17) is 9.84 Å². The second-order valence-corrected chi connectivity index (χ2v) is 6.77. The van der Waals surface area contributed by atoms with Gasteiger partial charge in [-0.25, -0.2) is 8.42 Å². The number of carboxylic acids is 1. The van der Waals surface area contributed by atoms with E-state index >= 15 is 0 Å². The molecule has 0 radical (unpaired) electrons. The number of rotatable bonds is 9. The molecule has 1 aromatic rings. The summed E-state index contributed by atoms with van der Waals surface area (Å²) in [5, 5.41) is 9.70. The summed E-state index contributed by atoms with van der Waals surface area (Å²) in [4.78, 5) is 11.0. The number of hydrogen-bond donors (Lipinski definition) is 2. The largest absolute Gasteiger partial charge is 0.497 e. The minimum Gasteiger partial charge on any atom is -0.497 e. The monoisotopic (exact) mass is 331 g/mol.